The number of urea groups is 1. The molecule has 0 saturated carbocycles. The minimum Gasteiger partial charge on any atom is -0.332 e. The molecule has 0 fully saturated rings. The van der Waals surface area contributed by atoms with Crippen LogP contribution in [0.5, 0.6) is 0 Å². The molecule has 0 bridgehead atoms. The maximum atomic E-state index is 11.4. The van der Waals surface area contributed by atoms with Crippen molar-refractivity contribution < 1.29 is 4.79 Å². The summed E-state index contributed by atoms with van der Waals surface area (Å²) in [6.07, 6.45) is 3.20. The Kier molecular flexibility index (Phi) is 5.28. The highest BCUT2D eigenvalue weighted by atomic mass is 35.5. The van der Waals surface area contributed by atoms with Gasteiger partial charge in [0.15, 0.2) is 0 Å². The number of alkyl halides is 1. The molecular formula is C9H12ClN5O2. The predicted octanol–water partition coefficient (Wildman–Crippen LogP) is 1.22. The third-order valence-corrected chi connectivity index (χ3v) is 2.08. The first-order chi connectivity index (χ1) is 8.17. The van der Waals surface area contributed by atoms with Gasteiger partial charge in [-0.3, -0.25) is 0 Å². The Hall–Kier alpha value is -1.76. The van der Waals surface area contributed by atoms with Gasteiger partial charge in [-0.25, -0.2) is 14.8 Å². The molecular weight excluding hydrogens is 246 g/mol. The van der Waals surface area contributed by atoms with E-state index < -0.39 is 6.03 Å². The van der Waals surface area contributed by atoms with Gasteiger partial charge in [-0.15, -0.1) is 16.5 Å². The van der Waals surface area contributed by atoms with Crippen LogP contribution in [0.4, 0.5) is 4.79 Å². The lowest BCUT2D eigenvalue weighted by molar-refractivity contribution is 0.202. The first-order valence-corrected chi connectivity index (χ1v) is 5.43. The van der Waals surface area contributed by atoms with Crippen molar-refractivity contribution in [1.29, 1.82) is 0 Å². The average Bonchev–Trinajstić information content (AvgIpc) is 2.35. The van der Waals surface area contributed by atoms with Gasteiger partial charge in [0.1, 0.15) is 5.82 Å². The van der Waals surface area contributed by atoms with Crippen LogP contribution in [0.15, 0.2) is 17.7 Å². The van der Waals surface area contributed by atoms with Crippen molar-refractivity contribution in [2.75, 3.05) is 12.4 Å². The van der Waals surface area contributed by atoms with Crippen molar-refractivity contribution in [3.63, 3.8) is 0 Å². The summed E-state index contributed by atoms with van der Waals surface area (Å²) in [7, 11) is 0. The Morgan fingerprint density at radius 2 is 2.18 bits per heavy atom. The smallest absolute Gasteiger partial charge is 0.332 e. The van der Waals surface area contributed by atoms with Gasteiger partial charge in [0, 0.05) is 30.4 Å². The van der Waals surface area contributed by atoms with E-state index in [0.717, 1.165) is 10.6 Å². The monoisotopic (exact) mass is 257 g/mol. The number of nitroso groups, excluding NO2 is 1. The topological polar surface area (TPSA) is 87.5 Å². The quantitative estimate of drug-likeness (QED) is 0.488. The summed E-state index contributed by atoms with van der Waals surface area (Å²) in [6.45, 7) is 2.07. The molecule has 0 aliphatic carbocycles. The first kappa shape index (κ1) is 13.3. The number of nitrogens with zero attached hydrogens (tertiary/aromatic N) is 4. The molecule has 1 heterocycles. The fourth-order valence-corrected chi connectivity index (χ4v) is 1.20. The summed E-state index contributed by atoms with van der Waals surface area (Å²) in [4.78, 5) is 29.7. The maximum Gasteiger partial charge on any atom is 0.340 e. The van der Waals surface area contributed by atoms with E-state index in [1.54, 1.807) is 19.3 Å². The van der Waals surface area contributed by atoms with Gasteiger partial charge in [0.2, 0.25) is 0 Å². The molecule has 1 aromatic heterocycles. The zero-order valence-electron chi connectivity index (χ0n) is 9.26. The van der Waals surface area contributed by atoms with Crippen LogP contribution in [0.2, 0.25) is 0 Å². The van der Waals surface area contributed by atoms with Crippen LogP contribution in [0.1, 0.15) is 11.4 Å². The second-order valence-electron chi connectivity index (χ2n) is 3.19. The SMILES string of the molecule is Cc1ncc(CNC(=O)N(CCCl)N=O)cn1. The van der Waals surface area contributed by atoms with Crippen molar-refractivity contribution in [3.05, 3.63) is 28.7 Å². The number of hydrogen-bond acceptors (Lipinski definition) is 5. The van der Waals surface area contributed by atoms with Crippen LogP contribution >= 0.6 is 11.6 Å². The lowest BCUT2D eigenvalue weighted by atomic mass is 10.3. The zero-order chi connectivity index (χ0) is 12.7. The van der Waals surface area contributed by atoms with Crippen LogP contribution in [0.3, 0.4) is 0 Å². The molecule has 0 aliphatic heterocycles. The van der Waals surface area contributed by atoms with Gasteiger partial charge in [-0.1, -0.05) is 0 Å². The standard InChI is InChI=1S/C9H12ClN5O2/c1-7-11-4-8(5-12-7)6-13-9(16)15(14-17)3-2-10/h4-5H,2-3,6H2,1H3,(H,13,16). The maximum absolute atomic E-state index is 11.4. The predicted molar refractivity (Wildman–Crippen MR) is 62.2 cm³/mol. The summed E-state index contributed by atoms with van der Waals surface area (Å²) in [5, 5.41) is 5.79. The number of halogens is 1. The van der Waals surface area contributed by atoms with Crippen molar-refractivity contribution in [2.24, 2.45) is 5.29 Å². The molecule has 1 aromatic rings. The lowest BCUT2D eigenvalue weighted by Gasteiger charge is -2.12. The summed E-state index contributed by atoms with van der Waals surface area (Å²) in [5.74, 6) is 0.797. The minimum atomic E-state index is -0.596. The molecule has 8 heteroatoms. The third-order valence-electron chi connectivity index (χ3n) is 1.91. The number of aromatic nitrogens is 2. The van der Waals surface area contributed by atoms with E-state index in [1.807, 2.05) is 0 Å². The summed E-state index contributed by atoms with van der Waals surface area (Å²) < 4.78 is 0. The van der Waals surface area contributed by atoms with Crippen LogP contribution in [0.25, 0.3) is 0 Å². The van der Waals surface area contributed by atoms with Crippen molar-refractivity contribution in [3.8, 4) is 0 Å². The second kappa shape index (κ2) is 6.74. The fraction of sp³-hybridized carbons (Fsp3) is 0.444. The highest BCUT2D eigenvalue weighted by Gasteiger charge is 2.12. The van der Waals surface area contributed by atoms with Gasteiger partial charge in [0.25, 0.3) is 0 Å². The van der Waals surface area contributed by atoms with Gasteiger partial charge < -0.3 is 5.32 Å². The van der Waals surface area contributed by atoms with Crippen molar-refractivity contribution >= 4 is 17.6 Å². The van der Waals surface area contributed by atoms with E-state index >= 15 is 0 Å². The van der Waals surface area contributed by atoms with E-state index in [9.17, 15) is 9.70 Å². The Balaban J connectivity index is 2.47. The Morgan fingerprint density at radius 3 is 2.71 bits per heavy atom. The fourth-order valence-electron chi connectivity index (χ4n) is 1.04. The molecule has 17 heavy (non-hydrogen) atoms. The highest BCUT2D eigenvalue weighted by molar-refractivity contribution is 6.18. The molecule has 7 nitrogen and oxygen atoms in total. The Bertz CT molecular complexity index is 383. The molecule has 0 atom stereocenters. The number of rotatable bonds is 5. The molecule has 0 radical (unpaired) electrons. The Morgan fingerprint density at radius 1 is 1.53 bits per heavy atom. The third kappa shape index (κ3) is 4.31. The molecule has 0 spiro atoms. The van der Waals surface area contributed by atoms with Gasteiger partial charge >= 0.3 is 6.03 Å². The molecule has 0 aliphatic rings. The van der Waals surface area contributed by atoms with Gasteiger partial charge in [0.05, 0.1) is 11.8 Å². The van der Waals surface area contributed by atoms with Crippen LogP contribution in [-0.4, -0.2) is 33.4 Å². The lowest BCUT2D eigenvalue weighted by Crippen LogP contribution is -2.37. The molecule has 0 saturated heterocycles. The normalized spacial score (nSPS) is 9.76. The molecule has 0 aromatic carbocycles. The number of carbonyl (C=O) groups is 1. The first-order valence-electron chi connectivity index (χ1n) is 4.89. The molecule has 1 rings (SSSR count). The number of hydrogen-bond donors (Lipinski definition) is 1. The van der Waals surface area contributed by atoms with E-state index in [0.29, 0.717) is 5.82 Å². The van der Waals surface area contributed by atoms with Crippen LogP contribution in [-0.2, 0) is 6.54 Å². The van der Waals surface area contributed by atoms with Crippen molar-refractivity contribution in [2.45, 2.75) is 13.5 Å². The van der Waals surface area contributed by atoms with Gasteiger partial charge in [-0.05, 0) is 6.92 Å². The highest BCUT2D eigenvalue weighted by Crippen LogP contribution is 1.97. The largest absolute Gasteiger partial charge is 0.340 e. The zero-order valence-corrected chi connectivity index (χ0v) is 10.0. The van der Waals surface area contributed by atoms with Crippen LogP contribution < -0.4 is 5.32 Å². The minimum absolute atomic E-state index is 0.0707. The van der Waals surface area contributed by atoms with Crippen molar-refractivity contribution in [1.82, 2.24) is 20.3 Å². The van der Waals surface area contributed by atoms with E-state index in [1.165, 1.54) is 0 Å². The number of nitrogens with one attached hydrogen (secondary N) is 1. The number of carbonyl (C=O) groups excluding carboxylic acids is 1. The van der Waals surface area contributed by atoms with E-state index in [4.69, 9.17) is 11.6 Å². The second-order valence-corrected chi connectivity index (χ2v) is 3.57. The van der Waals surface area contributed by atoms with E-state index in [2.05, 4.69) is 20.6 Å². The van der Waals surface area contributed by atoms with E-state index in [-0.39, 0.29) is 19.0 Å². The van der Waals surface area contributed by atoms with Gasteiger partial charge in [-0.2, -0.15) is 5.01 Å². The molecule has 92 valence electrons. The summed E-state index contributed by atoms with van der Waals surface area (Å²) in [6, 6.07) is -0.596. The molecule has 0 unspecified atom stereocenters. The summed E-state index contributed by atoms with van der Waals surface area (Å²) in [5.41, 5.74) is 0.737. The average molecular weight is 258 g/mol. The number of aryl methyl sites for hydroxylation is 1. The van der Waals surface area contributed by atoms with Crippen LogP contribution in [0, 0.1) is 11.8 Å². The summed E-state index contributed by atoms with van der Waals surface area (Å²) >= 11 is 5.41. The molecule has 1 N–H and O–H groups in total. The molecule has 2 amide bonds. The Labute approximate surface area is 103 Å². The number of amides is 2.